The summed E-state index contributed by atoms with van der Waals surface area (Å²) in [6, 6.07) is 17.7. The van der Waals surface area contributed by atoms with E-state index in [0.717, 1.165) is 93.6 Å². The number of benzene rings is 2. The van der Waals surface area contributed by atoms with E-state index in [1.54, 1.807) is 32.7 Å². The number of ether oxygens (including phenoxy) is 2. The molecule has 0 radical (unpaired) electrons. The number of hydrogen-bond acceptors (Lipinski definition) is 18. The van der Waals surface area contributed by atoms with Crippen LogP contribution in [0.1, 0.15) is 59.9 Å². The SMILES string of the molecule is CC(C)(C)OC(=O)N1CC(CCn2c(=O)ccc3cnc(S(C)(=O)=O)nc32)C1.[C-]#[N+]c1cc(CC=O)ccc1N1CCN(C)CC1.[C-]#[N+]c1cc(Nc2ncc3ccc(=O)n(CCC4CN(C(=O)OC(C)(C)C)C4)c3n2)ccc1N1CCN(C)CC1. The zero-order valence-corrected chi connectivity index (χ0v) is 51.3. The number of nitrogens with one attached hydrogen (secondary N) is 1. The first-order chi connectivity index (χ1) is 40.8. The molecule has 1 N–H and O–H groups in total. The van der Waals surface area contributed by atoms with Gasteiger partial charge in [-0.1, -0.05) is 17.7 Å². The van der Waals surface area contributed by atoms with Crippen molar-refractivity contribution in [3.63, 3.8) is 0 Å². The molecule has 6 aromatic rings. The average Bonchev–Trinajstić information content (AvgIpc) is 1.52. The first-order valence-corrected chi connectivity index (χ1v) is 30.7. The highest BCUT2D eigenvalue weighted by Crippen LogP contribution is 2.34. The molecule has 2 amide bonds. The number of amides is 2. The minimum absolute atomic E-state index is 0.132. The molecule has 0 aliphatic carbocycles. The molecule has 2 aromatic carbocycles. The van der Waals surface area contributed by atoms with Gasteiger partial charge in [-0.15, -0.1) is 0 Å². The molecule has 0 atom stereocenters. The normalized spacial score (nSPS) is 16.1. The summed E-state index contributed by atoms with van der Waals surface area (Å²) in [5.74, 6) is 0.890. The Morgan fingerprint density at radius 1 is 0.651 bits per heavy atom. The molecule has 0 unspecified atom stereocenters. The number of piperazine rings is 2. The molecule has 8 heterocycles. The van der Waals surface area contributed by atoms with E-state index in [2.05, 4.69) is 68.6 Å². The monoisotopic (exact) mass is 1200 g/mol. The molecular formula is C61H77N15O9S. The number of carbonyl (C=O) groups excluding carboxylic acids is 3. The van der Waals surface area contributed by atoms with Crippen LogP contribution in [-0.4, -0.2) is 186 Å². The Hall–Kier alpha value is -8.52. The zero-order valence-electron chi connectivity index (χ0n) is 50.5. The van der Waals surface area contributed by atoms with Crippen LogP contribution in [0.15, 0.2) is 87.8 Å². The lowest BCUT2D eigenvalue weighted by atomic mass is 9.97. The number of hydrogen-bond donors (Lipinski definition) is 1. The highest BCUT2D eigenvalue weighted by atomic mass is 32.2. The number of sulfone groups is 1. The van der Waals surface area contributed by atoms with Gasteiger partial charge in [-0.2, -0.15) is 9.97 Å². The number of aldehydes is 1. The topological polar surface area (TPSA) is 240 Å². The number of aryl methyl sites for hydroxylation is 2. The first-order valence-electron chi connectivity index (χ1n) is 28.8. The quantitative estimate of drug-likeness (QED) is 0.0679. The third kappa shape index (κ3) is 16.7. The lowest BCUT2D eigenvalue weighted by Crippen LogP contribution is -2.51. The van der Waals surface area contributed by atoms with Crippen molar-refractivity contribution in [1.82, 2.24) is 48.7 Å². The van der Waals surface area contributed by atoms with E-state index >= 15 is 0 Å². The van der Waals surface area contributed by atoms with Crippen LogP contribution in [0, 0.1) is 25.0 Å². The van der Waals surface area contributed by atoms with E-state index in [4.69, 9.17) is 22.6 Å². The minimum Gasteiger partial charge on any atom is -0.444 e. The van der Waals surface area contributed by atoms with Gasteiger partial charge in [-0.05, 0) is 117 Å². The number of fused-ring (bicyclic) bond motifs is 2. The molecule has 0 saturated carbocycles. The Labute approximate surface area is 501 Å². The van der Waals surface area contributed by atoms with Crippen molar-refractivity contribution in [2.24, 2.45) is 11.8 Å². The molecule has 10 rings (SSSR count). The van der Waals surface area contributed by atoms with E-state index in [1.165, 1.54) is 22.9 Å². The van der Waals surface area contributed by atoms with Gasteiger partial charge in [0.25, 0.3) is 11.1 Å². The highest BCUT2D eigenvalue weighted by Gasteiger charge is 2.35. The Bertz CT molecular complexity index is 3760. The fourth-order valence-corrected chi connectivity index (χ4v) is 10.7. The summed E-state index contributed by atoms with van der Waals surface area (Å²) in [5.41, 5.74) is 4.19. The maximum absolute atomic E-state index is 12.8. The second-order valence-corrected chi connectivity index (χ2v) is 26.1. The second-order valence-electron chi connectivity index (χ2n) is 24.2. The summed E-state index contributed by atoms with van der Waals surface area (Å²) in [5, 5.41) is 4.27. The highest BCUT2D eigenvalue weighted by molar-refractivity contribution is 7.90. The van der Waals surface area contributed by atoms with Gasteiger partial charge >= 0.3 is 12.2 Å². The third-order valence-corrected chi connectivity index (χ3v) is 15.9. The summed E-state index contributed by atoms with van der Waals surface area (Å²) in [6.07, 6.45) is 6.15. The number of carbonyl (C=O) groups is 3. The van der Waals surface area contributed by atoms with Gasteiger partial charge in [-0.25, -0.2) is 37.7 Å². The second kappa shape index (κ2) is 27.2. The minimum atomic E-state index is -3.58. The maximum atomic E-state index is 12.8. The van der Waals surface area contributed by atoms with Crippen molar-refractivity contribution in [1.29, 1.82) is 0 Å². The smallest absolute Gasteiger partial charge is 0.410 e. The van der Waals surface area contributed by atoms with Crippen molar-refractivity contribution < 1.29 is 32.3 Å². The summed E-state index contributed by atoms with van der Waals surface area (Å²) in [6.45, 7) is 36.9. The number of likely N-dealkylation sites (tertiary alicyclic amines) is 2. The van der Waals surface area contributed by atoms with E-state index in [-0.39, 0.29) is 34.4 Å². The number of likely N-dealkylation sites (N-methyl/N-ethyl adjacent to an activating group) is 2. The molecule has 24 nitrogen and oxygen atoms in total. The van der Waals surface area contributed by atoms with Gasteiger partial charge in [0.05, 0.1) is 13.1 Å². The molecule has 25 heteroatoms. The van der Waals surface area contributed by atoms with Crippen LogP contribution in [0.4, 0.5) is 44.0 Å². The maximum Gasteiger partial charge on any atom is 0.410 e. The molecule has 4 aliphatic rings. The molecule has 4 aliphatic heterocycles. The van der Waals surface area contributed by atoms with Crippen molar-refractivity contribution in [3.8, 4) is 0 Å². The van der Waals surface area contributed by atoms with Gasteiger partial charge < -0.3 is 49.0 Å². The third-order valence-electron chi connectivity index (χ3n) is 15.0. The van der Waals surface area contributed by atoms with Crippen LogP contribution in [0.3, 0.4) is 0 Å². The molecule has 0 bridgehead atoms. The van der Waals surface area contributed by atoms with E-state index in [1.807, 2.05) is 77.9 Å². The molecule has 4 saturated heterocycles. The molecule has 0 spiro atoms. The molecule has 456 valence electrons. The summed E-state index contributed by atoms with van der Waals surface area (Å²) >= 11 is 0. The van der Waals surface area contributed by atoms with Gasteiger partial charge in [0, 0.05) is 157 Å². The molecule has 4 fully saturated rings. The van der Waals surface area contributed by atoms with Crippen LogP contribution >= 0.6 is 0 Å². The van der Waals surface area contributed by atoms with Gasteiger partial charge in [-0.3, -0.25) is 18.7 Å². The van der Waals surface area contributed by atoms with Crippen molar-refractivity contribution in [2.45, 2.75) is 90.3 Å². The van der Waals surface area contributed by atoms with E-state index in [9.17, 15) is 32.4 Å². The zero-order chi connectivity index (χ0) is 62.1. The Morgan fingerprint density at radius 3 is 1.56 bits per heavy atom. The fourth-order valence-electron chi connectivity index (χ4n) is 10.2. The van der Waals surface area contributed by atoms with Crippen molar-refractivity contribution in [2.75, 3.05) is 114 Å². The van der Waals surface area contributed by atoms with Gasteiger partial charge in [0.1, 0.15) is 28.8 Å². The number of nitrogens with zero attached hydrogens (tertiary/aromatic N) is 14. The Morgan fingerprint density at radius 2 is 1.10 bits per heavy atom. The largest absolute Gasteiger partial charge is 0.444 e. The van der Waals surface area contributed by atoms with E-state index < -0.39 is 21.0 Å². The van der Waals surface area contributed by atoms with Crippen LogP contribution in [0.5, 0.6) is 0 Å². The lowest BCUT2D eigenvalue weighted by Gasteiger charge is -2.39. The Balaban J connectivity index is 0.000000181. The van der Waals surface area contributed by atoms with Crippen LogP contribution in [-0.2, 0) is 43.6 Å². The Kier molecular flexibility index (Phi) is 20.1. The molecule has 86 heavy (non-hydrogen) atoms. The standard InChI is InChI=1S/C29H36N8O3.C18H24N4O5S.C14H17N3O/c1-29(2,3)40-28(39)36-18-20(19-36)10-11-37-25(38)9-6-21-17-31-27(33-26(21)37)32-22-7-8-24(23(16-22)30-4)35-14-12-34(5)13-15-35;1-18(2,3)27-17(24)21-10-12(11-21)7-8-22-14(23)6-5-13-9-19-16(20-15(13)22)28(4,25)26;1-15-13-11-12(5-10-18)3-4-14(13)17-8-6-16(2)7-9-17/h6-9,16-17,20H,10-15,18-19H2,1-3,5H3,(H,31,32,33);5-6,9,12H,7-8,10-11H2,1-4H3;3-4,10-11H,5-9H2,2H3. The van der Waals surface area contributed by atoms with Crippen molar-refractivity contribution in [3.05, 3.63) is 122 Å². The van der Waals surface area contributed by atoms with Gasteiger partial charge in [0.15, 0.2) is 0 Å². The number of pyridine rings is 2. The predicted molar refractivity (Wildman–Crippen MR) is 330 cm³/mol. The average molecular weight is 1200 g/mol. The van der Waals surface area contributed by atoms with Crippen LogP contribution in [0.2, 0.25) is 0 Å². The van der Waals surface area contributed by atoms with Gasteiger partial charge in [0.2, 0.25) is 32.3 Å². The summed E-state index contributed by atoms with van der Waals surface area (Å²) in [4.78, 5) is 96.6. The fraction of sp³-hybridized carbons (Fsp3) is 0.492. The van der Waals surface area contributed by atoms with Crippen LogP contribution in [0.25, 0.3) is 31.8 Å². The number of aromatic nitrogens is 6. The molecular weight excluding hydrogens is 1120 g/mol. The predicted octanol–water partition coefficient (Wildman–Crippen LogP) is 7.28. The van der Waals surface area contributed by atoms with Crippen molar-refractivity contribution >= 4 is 84.8 Å². The first kappa shape index (κ1) is 63.5. The summed E-state index contributed by atoms with van der Waals surface area (Å²) < 4.78 is 37.4. The number of anilines is 4. The lowest BCUT2D eigenvalue weighted by molar-refractivity contribution is -0.107. The van der Waals surface area contributed by atoms with Crippen LogP contribution < -0.4 is 26.2 Å². The molecule has 4 aromatic heterocycles. The number of rotatable bonds is 13. The van der Waals surface area contributed by atoms with E-state index in [0.29, 0.717) is 97.7 Å². The summed E-state index contributed by atoms with van der Waals surface area (Å²) in [7, 11) is 0.643.